The predicted molar refractivity (Wildman–Crippen MR) is 118 cm³/mol. The number of hydrogen-bond acceptors (Lipinski definition) is 4. The third-order valence-electron chi connectivity index (χ3n) is 4.30. The average molecular weight is 411 g/mol. The SMILES string of the molecule is CN=C(NCCS(=O)Cc1ccccc1)NCc1coc(-c2ccc(C)cc2)n1. The van der Waals surface area contributed by atoms with Gasteiger partial charge in [0.1, 0.15) is 6.26 Å². The Morgan fingerprint density at radius 3 is 2.59 bits per heavy atom. The van der Waals surface area contributed by atoms with Crippen molar-refractivity contribution < 1.29 is 8.63 Å². The molecule has 3 rings (SSSR count). The molecule has 1 atom stereocenters. The maximum atomic E-state index is 12.2. The van der Waals surface area contributed by atoms with Gasteiger partial charge in [0, 0.05) is 41.5 Å². The Morgan fingerprint density at radius 2 is 1.86 bits per heavy atom. The summed E-state index contributed by atoms with van der Waals surface area (Å²) >= 11 is 0. The first-order valence-corrected chi connectivity index (χ1v) is 11.0. The lowest BCUT2D eigenvalue weighted by Gasteiger charge is -2.10. The highest BCUT2D eigenvalue weighted by Gasteiger charge is 2.08. The summed E-state index contributed by atoms with van der Waals surface area (Å²) in [6, 6.07) is 17.9. The lowest BCUT2D eigenvalue weighted by molar-refractivity contribution is 0.572. The van der Waals surface area contributed by atoms with E-state index in [9.17, 15) is 4.21 Å². The average Bonchev–Trinajstić information content (AvgIpc) is 3.21. The summed E-state index contributed by atoms with van der Waals surface area (Å²) in [7, 11) is 0.784. The van der Waals surface area contributed by atoms with Gasteiger partial charge in [-0.3, -0.25) is 9.20 Å². The zero-order chi connectivity index (χ0) is 20.5. The molecule has 3 aromatic rings. The van der Waals surface area contributed by atoms with Gasteiger partial charge >= 0.3 is 0 Å². The Bertz CT molecular complexity index is 952. The first-order valence-electron chi connectivity index (χ1n) is 9.49. The maximum Gasteiger partial charge on any atom is 0.226 e. The van der Waals surface area contributed by atoms with E-state index >= 15 is 0 Å². The van der Waals surface area contributed by atoms with Crippen LogP contribution >= 0.6 is 0 Å². The number of nitrogens with one attached hydrogen (secondary N) is 2. The minimum Gasteiger partial charge on any atom is -0.444 e. The van der Waals surface area contributed by atoms with Gasteiger partial charge in [0.05, 0.1) is 12.2 Å². The van der Waals surface area contributed by atoms with E-state index in [0.29, 0.717) is 36.4 Å². The highest BCUT2D eigenvalue weighted by Crippen LogP contribution is 2.18. The number of rotatable bonds is 8. The maximum absolute atomic E-state index is 12.2. The van der Waals surface area contributed by atoms with Crippen LogP contribution in [0.4, 0.5) is 0 Å². The summed E-state index contributed by atoms with van der Waals surface area (Å²) in [5.41, 5.74) is 4.02. The second-order valence-electron chi connectivity index (χ2n) is 6.64. The molecule has 0 aliphatic heterocycles. The molecule has 6 nitrogen and oxygen atoms in total. The summed E-state index contributed by atoms with van der Waals surface area (Å²) in [5, 5.41) is 6.39. The van der Waals surface area contributed by atoms with E-state index < -0.39 is 10.8 Å². The summed E-state index contributed by atoms with van der Waals surface area (Å²) < 4.78 is 17.8. The molecule has 0 radical (unpaired) electrons. The van der Waals surface area contributed by atoms with Crippen LogP contribution in [0.15, 0.2) is 70.3 Å². The lowest BCUT2D eigenvalue weighted by Crippen LogP contribution is -2.38. The van der Waals surface area contributed by atoms with Gasteiger partial charge in [-0.2, -0.15) is 0 Å². The number of aromatic nitrogens is 1. The molecule has 7 heteroatoms. The molecular formula is C22H26N4O2S. The molecule has 1 aromatic heterocycles. The second-order valence-corrected chi connectivity index (χ2v) is 8.21. The topological polar surface area (TPSA) is 79.5 Å². The predicted octanol–water partition coefficient (Wildman–Crippen LogP) is 3.26. The lowest BCUT2D eigenvalue weighted by atomic mass is 10.1. The molecule has 0 amide bonds. The number of aliphatic imine (C=N–C) groups is 1. The molecular weight excluding hydrogens is 384 g/mol. The van der Waals surface area contributed by atoms with Crippen LogP contribution in [-0.2, 0) is 23.1 Å². The number of nitrogens with zero attached hydrogens (tertiary/aromatic N) is 2. The van der Waals surface area contributed by atoms with Crippen molar-refractivity contribution in [2.24, 2.45) is 4.99 Å². The second kappa shape index (κ2) is 10.6. The third-order valence-corrected chi connectivity index (χ3v) is 5.62. The van der Waals surface area contributed by atoms with Gasteiger partial charge in [-0.15, -0.1) is 0 Å². The standard InChI is InChI=1S/C22H26N4O2S/c1-17-8-10-19(11-9-17)21-26-20(15-28-21)14-25-22(23-2)24-12-13-29(27)16-18-6-4-3-5-7-18/h3-11,15H,12-14,16H2,1-2H3,(H2,23,24,25). The van der Waals surface area contributed by atoms with Crippen LogP contribution in [0.1, 0.15) is 16.8 Å². The Kier molecular flexibility index (Phi) is 7.58. The van der Waals surface area contributed by atoms with Gasteiger partial charge in [0.2, 0.25) is 5.89 Å². The van der Waals surface area contributed by atoms with Gasteiger partial charge < -0.3 is 15.1 Å². The molecule has 0 spiro atoms. The summed E-state index contributed by atoms with van der Waals surface area (Å²) in [6.45, 7) is 3.11. The Morgan fingerprint density at radius 1 is 1.10 bits per heavy atom. The van der Waals surface area contributed by atoms with Crippen molar-refractivity contribution in [3.05, 3.63) is 77.7 Å². The van der Waals surface area contributed by atoms with E-state index in [2.05, 4.69) is 20.6 Å². The van der Waals surface area contributed by atoms with Crippen LogP contribution in [-0.4, -0.2) is 34.5 Å². The number of guanidine groups is 1. The Balaban J connectivity index is 1.42. The van der Waals surface area contributed by atoms with Gasteiger partial charge in [-0.05, 0) is 24.6 Å². The van der Waals surface area contributed by atoms with E-state index in [1.165, 1.54) is 5.56 Å². The van der Waals surface area contributed by atoms with E-state index in [4.69, 9.17) is 4.42 Å². The van der Waals surface area contributed by atoms with Crippen molar-refractivity contribution in [2.45, 2.75) is 19.2 Å². The number of aryl methyl sites for hydroxylation is 1. The Hall–Kier alpha value is -2.93. The largest absolute Gasteiger partial charge is 0.444 e. The number of oxazole rings is 1. The van der Waals surface area contributed by atoms with Crippen molar-refractivity contribution >= 4 is 16.8 Å². The molecule has 2 aromatic carbocycles. The first-order chi connectivity index (χ1) is 14.1. The van der Waals surface area contributed by atoms with Crippen molar-refractivity contribution in [3.8, 4) is 11.5 Å². The quantitative estimate of drug-likeness (QED) is 0.440. The fraction of sp³-hybridized carbons (Fsp3) is 0.273. The fourth-order valence-electron chi connectivity index (χ4n) is 2.73. The molecule has 29 heavy (non-hydrogen) atoms. The monoisotopic (exact) mass is 410 g/mol. The normalized spacial score (nSPS) is 12.6. The van der Waals surface area contributed by atoms with E-state index in [1.807, 2.05) is 61.5 Å². The molecule has 1 heterocycles. The van der Waals surface area contributed by atoms with E-state index in [0.717, 1.165) is 16.8 Å². The number of hydrogen-bond donors (Lipinski definition) is 2. The minimum absolute atomic E-state index is 0.488. The smallest absolute Gasteiger partial charge is 0.226 e. The van der Waals surface area contributed by atoms with Crippen LogP contribution in [0.25, 0.3) is 11.5 Å². The summed E-state index contributed by atoms with van der Waals surface area (Å²) in [5.74, 6) is 2.36. The van der Waals surface area contributed by atoms with Gasteiger partial charge in [0.15, 0.2) is 5.96 Å². The van der Waals surface area contributed by atoms with Crippen molar-refractivity contribution in [1.82, 2.24) is 15.6 Å². The molecule has 0 aliphatic rings. The third kappa shape index (κ3) is 6.57. The molecule has 0 bridgehead atoms. The van der Waals surface area contributed by atoms with Crippen LogP contribution in [0.2, 0.25) is 0 Å². The van der Waals surface area contributed by atoms with Crippen molar-refractivity contribution in [1.29, 1.82) is 0 Å². The fourth-order valence-corrected chi connectivity index (χ4v) is 3.77. The van der Waals surface area contributed by atoms with Gasteiger partial charge in [0.25, 0.3) is 0 Å². The summed E-state index contributed by atoms with van der Waals surface area (Å²) in [6.07, 6.45) is 1.64. The highest BCUT2D eigenvalue weighted by molar-refractivity contribution is 7.84. The molecule has 2 N–H and O–H groups in total. The highest BCUT2D eigenvalue weighted by atomic mass is 32.2. The molecule has 0 saturated heterocycles. The van der Waals surface area contributed by atoms with Crippen LogP contribution in [0.5, 0.6) is 0 Å². The van der Waals surface area contributed by atoms with Crippen molar-refractivity contribution in [2.75, 3.05) is 19.3 Å². The zero-order valence-corrected chi connectivity index (χ0v) is 17.5. The molecule has 1 unspecified atom stereocenters. The molecule has 0 fully saturated rings. The Labute approximate surface area is 173 Å². The molecule has 0 aliphatic carbocycles. The number of benzene rings is 2. The first kappa shape index (κ1) is 20.8. The van der Waals surface area contributed by atoms with Crippen LogP contribution in [0.3, 0.4) is 0 Å². The summed E-state index contributed by atoms with van der Waals surface area (Å²) in [4.78, 5) is 8.71. The molecule has 0 saturated carbocycles. The van der Waals surface area contributed by atoms with Crippen LogP contribution < -0.4 is 10.6 Å². The van der Waals surface area contributed by atoms with Gasteiger partial charge in [-0.1, -0.05) is 48.0 Å². The van der Waals surface area contributed by atoms with E-state index in [1.54, 1.807) is 13.3 Å². The van der Waals surface area contributed by atoms with Crippen LogP contribution in [0, 0.1) is 6.92 Å². The molecule has 152 valence electrons. The van der Waals surface area contributed by atoms with E-state index in [-0.39, 0.29) is 0 Å². The zero-order valence-electron chi connectivity index (χ0n) is 16.7. The van der Waals surface area contributed by atoms with Crippen molar-refractivity contribution in [3.63, 3.8) is 0 Å². The minimum atomic E-state index is -0.922. The van der Waals surface area contributed by atoms with Gasteiger partial charge in [-0.25, -0.2) is 4.98 Å².